The Morgan fingerprint density at radius 1 is 1.17 bits per heavy atom. The van der Waals surface area contributed by atoms with E-state index in [9.17, 15) is 22.4 Å². The number of likely N-dealkylation sites (N-methyl/N-ethyl adjacent to an activating group) is 1. The topological polar surface area (TPSA) is 86.8 Å². The minimum atomic E-state index is -3.98. The molecule has 0 spiro atoms. The van der Waals surface area contributed by atoms with E-state index in [1.807, 2.05) is 0 Å². The van der Waals surface area contributed by atoms with Gasteiger partial charge in [0, 0.05) is 18.6 Å². The van der Waals surface area contributed by atoms with Gasteiger partial charge in [-0.2, -0.15) is 0 Å². The first-order valence-corrected chi connectivity index (χ1v) is 11.2. The highest BCUT2D eigenvalue weighted by Crippen LogP contribution is 2.22. The monoisotopic (exact) mass is 455 g/mol. The lowest BCUT2D eigenvalue weighted by Gasteiger charge is -2.31. The first-order valence-electron chi connectivity index (χ1n) is 9.02. The molecule has 1 atom stereocenters. The van der Waals surface area contributed by atoms with Crippen LogP contribution in [0.5, 0.6) is 0 Å². The molecule has 162 valence electrons. The zero-order chi connectivity index (χ0) is 22.5. The van der Waals surface area contributed by atoms with Gasteiger partial charge in [-0.1, -0.05) is 35.9 Å². The van der Waals surface area contributed by atoms with Crippen molar-refractivity contribution in [2.45, 2.75) is 19.5 Å². The van der Waals surface area contributed by atoms with Crippen molar-refractivity contribution in [3.8, 4) is 0 Å². The summed E-state index contributed by atoms with van der Waals surface area (Å²) in [5.74, 6) is -1.88. The van der Waals surface area contributed by atoms with Crippen LogP contribution >= 0.6 is 11.6 Å². The van der Waals surface area contributed by atoms with Crippen LogP contribution in [0.25, 0.3) is 0 Å². The highest BCUT2D eigenvalue weighted by molar-refractivity contribution is 7.92. The first-order chi connectivity index (χ1) is 14.0. The summed E-state index contributed by atoms with van der Waals surface area (Å²) in [6.45, 7) is 0.875. The van der Waals surface area contributed by atoms with Crippen molar-refractivity contribution in [3.63, 3.8) is 0 Å². The number of carbonyl (C=O) groups is 2. The molecule has 30 heavy (non-hydrogen) atoms. The fourth-order valence-corrected chi connectivity index (χ4v) is 3.94. The fourth-order valence-electron chi connectivity index (χ4n) is 2.87. The quantitative estimate of drug-likeness (QED) is 0.662. The van der Waals surface area contributed by atoms with E-state index in [1.54, 1.807) is 24.3 Å². The molecule has 0 aliphatic rings. The molecule has 0 aromatic heterocycles. The van der Waals surface area contributed by atoms with Crippen LogP contribution in [0.2, 0.25) is 5.02 Å². The highest BCUT2D eigenvalue weighted by Gasteiger charge is 2.30. The summed E-state index contributed by atoms with van der Waals surface area (Å²) in [5, 5.41) is 2.93. The van der Waals surface area contributed by atoms with Gasteiger partial charge in [0.05, 0.1) is 11.9 Å². The smallest absolute Gasteiger partial charge is 0.244 e. The van der Waals surface area contributed by atoms with E-state index in [0.29, 0.717) is 14.9 Å². The van der Waals surface area contributed by atoms with Crippen LogP contribution in [0.1, 0.15) is 12.5 Å². The second-order valence-corrected chi connectivity index (χ2v) is 9.01. The van der Waals surface area contributed by atoms with Crippen LogP contribution in [-0.4, -0.2) is 51.0 Å². The average molecular weight is 456 g/mol. The Labute approximate surface area is 180 Å². The van der Waals surface area contributed by atoms with Crippen LogP contribution in [0.15, 0.2) is 48.5 Å². The van der Waals surface area contributed by atoms with Crippen LogP contribution in [0.3, 0.4) is 0 Å². The summed E-state index contributed by atoms with van der Waals surface area (Å²) in [4.78, 5) is 26.5. The molecule has 0 radical (unpaired) electrons. The number of rotatable bonds is 8. The molecular weight excluding hydrogens is 433 g/mol. The average Bonchev–Trinajstić information content (AvgIpc) is 2.69. The number of hydrogen-bond acceptors (Lipinski definition) is 4. The molecule has 0 saturated carbocycles. The van der Waals surface area contributed by atoms with E-state index in [1.165, 1.54) is 37.1 Å². The highest BCUT2D eigenvalue weighted by atomic mass is 35.5. The van der Waals surface area contributed by atoms with E-state index < -0.39 is 40.2 Å². The molecule has 0 saturated heterocycles. The predicted octanol–water partition coefficient (Wildman–Crippen LogP) is 2.41. The molecule has 2 amide bonds. The lowest BCUT2D eigenvalue weighted by Crippen LogP contribution is -2.50. The third-order valence-corrected chi connectivity index (χ3v) is 5.82. The van der Waals surface area contributed by atoms with Crippen LogP contribution < -0.4 is 9.62 Å². The standard InChI is InChI=1S/C20H23ClFN3O4S/c1-14(20(27)23-2)24(12-15-7-6-8-16(21)11-15)19(26)13-25(30(3,28)29)18-10-5-4-9-17(18)22/h4-11,14H,12-13H2,1-3H3,(H,23,27)/t14-/m1/s1. The van der Waals surface area contributed by atoms with Crippen molar-refractivity contribution in [3.05, 3.63) is 64.9 Å². The number of carbonyl (C=O) groups excluding carboxylic acids is 2. The zero-order valence-corrected chi connectivity index (χ0v) is 18.4. The number of nitrogens with one attached hydrogen (secondary N) is 1. The minimum Gasteiger partial charge on any atom is -0.357 e. The maximum absolute atomic E-state index is 14.2. The summed E-state index contributed by atoms with van der Waals surface area (Å²) in [7, 11) is -2.54. The molecule has 0 aliphatic carbocycles. The molecule has 0 bridgehead atoms. The molecule has 0 heterocycles. The second-order valence-electron chi connectivity index (χ2n) is 6.66. The number of amides is 2. The molecule has 1 N–H and O–H groups in total. The predicted molar refractivity (Wildman–Crippen MR) is 114 cm³/mol. The van der Waals surface area contributed by atoms with Gasteiger partial charge in [0.1, 0.15) is 18.4 Å². The van der Waals surface area contributed by atoms with Crippen LogP contribution in [0.4, 0.5) is 10.1 Å². The van der Waals surface area contributed by atoms with Crippen LogP contribution in [-0.2, 0) is 26.2 Å². The Morgan fingerprint density at radius 3 is 2.40 bits per heavy atom. The molecular formula is C20H23ClFN3O4S. The second kappa shape index (κ2) is 9.90. The van der Waals surface area contributed by atoms with Crippen molar-refractivity contribution in [2.24, 2.45) is 0 Å². The lowest BCUT2D eigenvalue weighted by molar-refractivity contribution is -0.139. The molecule has 2 aromatic rings. The van der Waals surface area contributed by atoms with Gasteiger partial charge >= 0.3 is 0 Å². The molecule has 0 unspecified atom stereocenters. The van der Waals surface area contributed by atoms with E-state index in [4.69, 9.17) is 11.6 Å². The van der Waals surface area contributed by atoms with Gasteiger partial charge in [0.15, 0.2) is 0 Å². The number of sulfonamides is 1. The molecule has 2 rings (SSSR count). The van der Waals surface area contributed by atoms with Gasteiger partial charge in [0.2, 0.25) is 21.8 Å². The van der Waals surface area contributed by atoms with Gasteiger partial charge in [-0.15, -0.1) is 0 Å². The fraction of sp³-hybridized carbons (Fsp3) is 0.300. The Morgan fingerprint density at radius 2 is 1.83 bits per heavy atom. The molecule has 0 fully saturated rings. The number of benzene rings is 2. The van der Waals surface area contributed by atoms with Gasteiger partial charge < -0.3 is 10.2 Å². The van der Waals surface area contributed by atoms with Crippen molar-refractivity contribution in [2.75, 3.05) is 24.2 Å². The van der Waals surface area contributed by atoms with Crippen molar-refractivity contribution < 1.29 is 22.4 Å². The normalized spacial score (nSPS) is 12.2. The Balaban J connectivity index is 2.40. The third kappa shape index (κ3) is 5.93. The largest absolute Gasteiger partial charge is 0.357 e. The SMILES string of the molecule is CNC(=O)[C@@H](C)N(Cc1cccc(Cl)c1)C(=O)CN(c1ccccc1F)S(C)(=O)=O. The maximum atomic E-state index is 14.2. The summed E-state index contributed by atoms with van der Waals surface area (Å²) in [5.41, 5.74) is 0.409. The van der Waals surface area contributed by atoms with Crippen molar-refractivity contribution >= 4 is 39.1 Å². The van der Waals surface area contributed by atoms with Gasteiger partial charge in [-0.3, -0.25) is 13.9 Å². The van der Waals surface area contributed by atoms with E-state index in [2.05, 4.69) is 5.32 Å². The maximum Gasteiger partial charge on any atom is 0.244 e. The zero-order valence-electron chi connectivity index (χ0n) is 16.8. The molecule has 7 nitrogen and oxygen atoms in total. The number of anilines is 1. The Bertz CT molecular complexity index is 1030. The summed E-state index contributed by atoms with van der Waals surface area (Å²) < 4.78 is 39.5. The number of hydrogen-bond donors (Lipinski definition) is 1. The molecule has 10 heteroatoms. The van der Waals surface area contributed by atoms with Crippen LogP contribution in [0, 0.1) is 5.82 Å². The lowest BCUT2D eigenvalue weighted by atomic mass is 10.1. The summed E-state index contributed by atoms with van der Waals surface area (Å²) in [6, 6.07) is 11.1. The number of halogens is 2. The summed E-state index contributed by atoms with van der Waals surface area (Å²) in [6.07, 6.45) is 0.885. The Hall–Kier alpha value is -2.65. The van der Waals surface area contributed by atoms with E-state index in [-0.39, 0.29) is 12.2 Å². The Kier molecular flexibility index (Phi) is 7.80. The van der Waals surface area contributed by atoms with E-state index >= 15 is 0 Å². The first kappa shape index (κ1) is 23.6. The third-order valence-electron chi connectivity index (χ3n) is 4.46. The summed E-state index contributed by atoms with van der Waals surface area (Å²) >= 11 is 6.01. The number of nitrogens with zero attached hydrogens (tertiary/aromatic N) is 2. The molecule has 2 aromatic carbocycles. The van der Waals surface area contributed by atoms with Gasteiger partial charge in [-0.05, 0) is 36.8 Å². The van der Waals surface area contributed by atoms with Crippen molar-refractivity contribution in [1.82, 2.24) is 10.2 Å². The van der Waals surface area contributed by atoms with Gasteiger partial charge in [-0.25, -0.2) is 12.8 Å². The molecule has 0 aliphatic heterocycles. The van der Waals surface area contributed by atoms with Crippen molar-refractivity contribution in [1.29, 1.82) is 0 Å². The minimum absolute atomic E-state index is 0.0167. The van der Waals surface area contributed by atoms with Gasteiger partial charge in [0.25, 0.3) is 0 Å². The number of para-hydroxylation sites is 1. The van der Waals surface area contributed by atoms with E-state index in [0.717, 1.165) is 12.3 Å².